The third-order valence-electron chi connectivity index (χ3n) is 4.49. The summed E-state index contributed by atoms with van der Waals surface area (Å²) < 4.78 is 43.0. The maximum absolute atomic E-state index is 12.5. The number of aldehydes is 1. The highest BCUT2D eigenvalue weighted by Crippen LogP contribution is 2.29. The standard InChI is InChI=1S/C23H20F3N7O4/c1-2-15(19-30-31-20-16(8-6-13-33(19)20)21(35)32-28-12-14-34)7-5-11-27-22(36)29-17-9-3-4-10-18(17)37-23(24,25)26/h2-11,13-14,28H,1,12H2,(H,32,35)(H2,27,29,36)/b11-5+,15-7+. The molecule has 2 heterocycles. The van der Waals surface area contributed by atoms with E-state index in [-0.39, 0.29) is 23.4 Å². The van der Waals surface area contributed by atoms with E-state index >= 15 is 0 Å². The normalized spacial score (nSPS) is 11.8. The number of halogens is 3. The van der Waals surface area contributed by atoms with Crippen molar-refractivity contribution in [1.82, 2.24) is 30.8 Å². The van der Waals surface area contributed by atoms with E-state index in [2.05, 4.69) is 43.0 Å². The fourth-order valence-electron chi connectivity index (χ4n) is 2.98. The molecule has 11 nitrogen and oxygen atoms in total. The van der Waals surface area contributed by atoms with E-state index in [1.165, 1.54) is 42.6 Å². The molecule has 14 heteroatoms. The monoisotopic (exact) mass is 515 g/mol. The Kier molecular flexibility index (Phi) is 8.72. The number of rotatable bonds is 10. The molecule has 0 unspecified atom stereocenters. The van der Waals surface area contributed by atoms with Crippen LogP contribution in [-0.4, -0.2) is 45.7 Å². The second-order valence-corrected chi connectivity index (χ2v) is 6.97. The minimum Gasteiger partial charge on any atom is -0.404 e. The molecule has 3 amide bonds. The predicted octanol–water partition coefficient (Wildman–Crippen LogP) is 2.97. The van der Waals surface area contributed by atoms with Crippen LogP contribution in [0.4, 0.5) is 23.7 Å². The molecule has 0 aliphatic heterocycles. The van der Waals surface area contributed by atoms with E-state index in [0.717, 1.165) is 6.07 Å². The average molecular weight is 515 g/mol. The zero-order valence-corrected chi connectivity index (χ0v) is 19.0. The van der Waals surface area contributed by atoms with Crippen LogP contribution in [0.5, 0.6) is 5.75 Å². The number of para-hydroxylation sites is 2. The van der Waals surface area contributed by atoms with Gasteiger partial charge in [0.1, 0.15) is 6.29 Å². The largest absolute Gasteiger partial charge is 0.573 e. The molecule has 0 saturated carbocycles. The number of urea groups is 1. The molecule has 2 aromatic heterocycles. The maximum Gasteiger partial charge on any atom is 0.573 e. The highest BCUT2D eigenvalue weighted by atomic mass is 19.4. The number of allylic oxidation sites excluding steroid dienone is 4. The molecule has 3 aromatic rings. The summed E-state index contributed by atoms with van der Waals surface area (Å²) in [6.07, 6.45) is 3.01. The lowest BCUT2D eigenvalue weighted by Gasteiger charge is -2.13. The van der Waals surface area contributed by atoms with E-state index in [4.69, 9.17) is 0 Å². The molecule has 0 spiro atoms. The number of anilines is 1. The van der Waals surface area contributed by atoms with E-state index < -0.39 is 24.1 Å². The SMILES string of the molecule is C=C/C(=C\C=C\NC(=O)Nc1ccccc1OC(F)(F)F)c1nnc2c(C(=O)NNCC=O)cccn12. The van der Waals surface area contributed by atoms with Crippen LogP contribution in [-0.2, 0) is 4.79 Å². The number of hydrogen-bond donors (Lipinski definition) is 4. The van der Waals surface area contributed by atoms with E-state index in [0.29, 0.717) is 17.7 Å². The van der Waals surface area contributed by atoms with Crippen molar-refractivity contribution in [2.75, 3.05) is 11.9 Å². The van der Waals surface area contributed by atoms with Gasteiger partial charge in [-0.15, -0.1) is 23.4 Å². The summed E-state index contributed by atoms with van der Waals surface area (Å²) in [5.74, 6) is -0.741. The molecule has 4 N–H and O–H groups in total. The summed E-state index contributed by atoms with van der Waals surface area (Å²) in [4.78, 5) is 34.9. The molecular formula is C23H20F3N7O4. The number of nitrogens with one attached hydrogen (secondary N) is 4. The lowest BCUT2D eigenvalue weighted by atomic mass is 10.2. The number of amides is 3. The van der Waals surface area contributed by atoms with Crippen molar-refractivity contribution in [2.24, 2.45) is 0 Å². The zero-order chi connectivity index (χ0) is 26.8. The van der Waals surface area contributed by atoms with Gasteiger partial charge in [0.2, 0.25) is 0 Å². The van der Waals surface area contributed by atoms with Gasteiger partial charge in [0, 0.05) is 18.0 Å². The number of hydrazine groups is 1. The number of fused-ring (bicyclic) bond motifs is 1. The maximum atomic E-state index is 12.5. The molecule has 0 saturated heterocycles. The van der Waals surface area contributed by atoms with Crippen molar-refractivity contribution in [3.8, 4) is 5.75 Å². The molecule has 1 aromatic carbocycles. The van der Waals surface area contributed by atoms with E-state index in [1.54, 1.807) is 22.7 Å². The predicted molar refractivity (Wildman–Crippen MR) is 127 cm³/mol. The van der Waals surface area contributed by atoms with Gasteiger partial charge >= 0.3 is 12.4 Å². The topological polar surface area (TPSA) is 139 Å². The highest BCUT2D eigenvalue weighted by molar-refractivity contribution is 5.99. The summed E-state index contributed by atoms with van der Waals surface area (Å²) in [6, 6.07) is 7.42. The summed E-state index contributed by atoms with van der Waals surface area (Å²) in [5, 5.41) is 12.8. The first kappa shape index (κ1) is 26.6. The third kappa shape index (κ3) is 7.25. The number of ether oxygens (including phenoxy) is 1. The van der Waals surface area contributed by atoms with Crippen molar-refractivity contribution in [3.63, 3.8) is 0 Å². The second kappa shape index (κ2) is 12.1. The first-order valence-electron chi connectivity index (χ1n) is 10.5. The van der Waals surface area contributed by atoms with Crippen molar-refractivity contribution in [1.29, 1.82) is 0 Å². The Bertz CT molecular complexity index is 1370. The van der Waals surface area contributed by atoms with Gasteiger partial charge in [0.25, 0.3) is 5.91 Å². The molecular weight excluding hydrogens is 495 g/mol. The van der Waals surface area contributed by atoms with Gasteiger partial charge in [-0.3, -0.25) is 14.6 Å². The Balaban J connectivity index is 1.70. The molecule has 37 heavy (non-hydrogen) atoms. The fraction of sp³-hybridized carbons (Fsp3) is 0.0870. The van der Waals surface area contributed by atoms with Gasteiger partial charge in [-0.2, -0.15) is 0 Å². The lowest BCUT2D eigenvalue weighted by Crippen LogP contribution is -2.38. The quantitative estimate of drug-likeness (QED) is 0.141. The number of hydrogen-bond acceptors (Lipinski definition) is 7. The third-order valence-corrected chi connectivity index (χ3v) is 4.49. The Hall–Kier alpha value is -4.98. The van der Waals surface area contributed by atoms with Crippen LogP contribution in [0.2, 0.25) is 0 Å². The van der Waals surface area contributed by atoms with Gasteiger partial charge < -0.3 is 20.2 Å². The first-order valence-corrected chi connectivity index (χ1v) is 10.5. The number of carbonyl (C=O) groups excluding carboxylic acids is 3. The van der Waals surface area contributed by atoms with Crippen LogP contribution >= 0.6 is 0 Å². The number of carbonyl (C=O) groups is 3. The number of alkyl halides is 3. The van der Waals surface area contributed by atoms with E-state index in [1.807, 2.05) is 0 Å². The van der Waals surface area contributed by atoms with Gasteiger partial charge in [0.05, 0.1) is 17.8 Å². The average Bonchev–Trinajstić information content (AvgIpc) is 3.28. The Morgan fingerprint density at radius 1 is 1.14 bits per heavy atom. The minimum absolute atomic E-state index is 0.0671. The van der Waals surface area contributed by atoms with Crippen LogP contribution in [0.15, 0.2) is 73.6 Å². The summed E-state index contributed by atoms with van der Waals surface area (Å²) in [6.45, 7) is 3.66. The molecule has 0 bridgehead atoms. The Morgan fingerprint density at radius 2 is 1.92 bits per heavy atom. The van der Waals surface area contributed by atoms with Gasteiger partial charge in [-0.25, -0.2) is 10.2 Å². The molecule has 192 valence electrons. The number of benzene rings is 1. The van der Waals surface area contributed by atoms with Crippen LogP contribution in [0.1, 0.15) is 16.2 Å². The molecule has 0 atom stereocenters. The van der Waals surface area contributed by atoms with E-state index in [9.17, 15) is 27.6 Å². The number of aromatic nitrogens is 3. The summed E-state index contributed by atoms with van der Waals surface area (Å²) >= 11 is 0. The van der Waals surface area contributed by atoms with Crippen LogP contribution < -0.4 is 26.2 Å². The van der Waals surface area contributed by atoms with Crippen molar-refractivity contribution >= 4 is 35.1 Å². The van der Waals surface area contributed by atoms with Gasteiger partial charge in [-0.05, 0) is 36.4 Å². The fourth-order valence-corrected chi connectivity index (χ4v) is 2.98. The summed E-state index contributed by atoms with van der Waals surface area (Å²) in [7, 11) is 0. The summed E-state index contributed by atoms with van der Waals surface area (Å²) in [5.41, 5.74) is 5.57. The van der Waals surface area contributed by atoms with Gasteiger partial charge in [0.15, 0.2) is 17.2 Å². The van der Waals surface area contributed by atoms with Crippen LogP contribution in [0.3, 0.4) is 0 Å². The molecule has 0 aliphatic carbocycles. The Morgan fingerprint density at radius 3 is 2.65 bits per heavy atom. The number of pyridine rings is 1. The Labute approximate surface area is 207 Å². The minimum atomic E-state index is -4.91. The van der Waals surface area contributed by atoms with Crippen LogP contribution in [0, 0.1) is 0 Å². The second-order valence-electron chi connectivity index (χ2n) is 6.97. The van der Waals surface area contributed by atoms with Crippen molar-refractivity contribution in [3.05, 3.63) is 85.0 Å². The van der Waals surface area contributed by atoms with Crippen molar-refractivity contribution in [2.45, 2.75) is 6.36 Å². The molecule has 3 rings (SSSR count). The molecule has 0 radical (unpaired) electrons. The molecule has 0 fully saturated rings. The van der Waals surface area contributed by atoms with Gasteiger partial charge in [-0.1, -0.05) is 24.8 Å². The van der Waals surface area contributed by atoms with Crippen molar-refractivity contribution < 1.29 is 32.3 Å². The van der Waals surface area contributed by atoms with Crippen LogP contribution in [0.25, 0.3) is 11.2 Å². The lowest BCUT2D eigenvalue weighted by molar-refractivity contribution is -0.274. The smallest absolute Gasteiger partial charge is 0.404 e. The number of nitrogens with zero attached hydrogens (tertiary/aromatic N) is 3. The zero-order valence-electron chi connectivity index (χ0n) is 19.0. The first-order chi connectivity index (χ1) is 17.7. The highest BCUT2D eigenvalue weighted by Gasteiger charge is 2.32. The molecule has 0 aliphatic rings.